The van der Waals surface area contributed by atoms with Gasteiger partial charge in [0, 0.05) is 13.1 Å². The van der Waals surface area contributed by atoms with Crippen LogP contribution in [-0.4, -0.2) is 30.0 Å². The van der Waals surface area contributed by atoms with Crippen molar-refractivity contribution in [2.24, 2.45) is 0 Å². The fourth-order valence-electron chi connectivity index (χ4n) is 3.75. The van der Waals surface area contributed by atoms with Crippen molar-refractivity contribution in [3.8, 4) is 5.75 Å². The van der Waals surface area contributed by atoms with Gasteiger partial charge in [0.1, 0.15) is 5.75 Å². The molecule has 126 valence electrons. The summed E-state index contributed by atoms with van der Waals surface area (Å²) in [5.41, 5.74) is 2.86. The molecular weight excluding hydrogens is 286 g/mol. The molecule has 2 aliphatic rings. The van der Waals surface area contributed by atoms with Crippen LogP contribution in [0, 0.1) is 0 Å². The monoisotopic (exact) mass is 315 g/mol. The molecule has 1 atom stereocenters. The van der Waals surface area contributed by atoms with E-state index in [1.807, 2.05) is 17.9 Å². The maximum atomic E-state index is 12.8. The number of ether oxygens (including phenoxy) is 1. The third-order valence-corrected chi connectivity index (χ3v) is 5.16. The molecule has 3 heteroatoms. The molecule has 0 spiro atoms. The van der Waals surface area contributed by atoms with Gasteiger partial charge in [-0.2, -0.15) is 0 Å². The normalized spacial score (nSPS) is 19.6. The highest BCUT2D eigenvalue weighted by molar-refractivity contribution is 5.81. The van der Waals surface area contributed by atoms with E-state index in [1.54, 1.807) is 0 Å². The van der Waals surface area contributed by atoms with Gasteiger partial charge in [-0.3, -0.25) is 4.79 Å². The lowest BCUT2D eigenvalue weighted by Crippen LogP contribution is -2.42. The molecule has 3 nitrogen and oxygen atoms in total. The summed E-state index contributed by atoms with van der Waals surface area (Å²) >= 11 is 0. The quantitative estimate of drug-likeness (QED) is 0.836. The van der Waals surface area contributed by atoms with Crippen LogP contribution in [0.4, 0.5) is 0 Å². The highest BCUT2D eigenvalue weighted by atomic mass is 16.5. The molecule has 0 aromatic heterocycles. The van der Waals surface area contributed by atoms with E-state index in [0.29, 0.717) is 0 Å². The molecule has 1 aromatic rings. The third-order valence-electron chi connectivity index (χ3n) is 5.16. The van der Waals surface area contributed by atoms with Gasteiger partial charge in [0.15, 0.2) is 6.10 Å². The molecule has 1 fully saturated rings. The lowest BCUT2D eigenvalue weighted by molar-refractivity contribution is -0.138. The Kier molecular flexibility index (Phi) is 5.58. The Bertz CT molecular complexity index is 532. The van der Waals surface area contributed by atoms with Crippen LogP contribution in [0.5, 0.6) is 5.75 Å². The molecular formula is C20H29NO2. The van der Waals surface area contributed by atoms with E-state index >= 15 is 0 Å². The predicted molar refractivity (Wildman–Crippen MR) is 92.8 cm³/mol. The average Bonchev–Trinajstić information content (AvgIpc) is 2.88. The molecule has 1 aromatic carbocycles. The molecule has 1 aliphatic heterocycles. The van der Waals surface area contributed by atoms with Gasteiger partial charge in [0.2, 0.25) is 0 Å². The molecule has 1 heterocycles. The van der Waals surface area contributed by atoms with Crippen molar-refractivity contribution in [3.05, 3.63) is 29.3 Å². The first-order valence-electron chi connectivity index (χ1n) is 9.35. The van der Waals surface area contributed by atoms with Gasteiger partial charge in [-0.15, -0.1) is 0 Å². The first kappa shape index (κ1) is 16.4. The molecule has 0 radical (unpaired) electrons. The zero-order chi connectivity index (χ0) is 16.1. The number of carbonyl (C=O) groups is 1. The largest absolute Gasteiger partial charge is 0.481 e. The zero-order valence-corrected chi connectivity index (χ0v) is 14.4. The van der Waals surface area contributed by atoms with Gasteiger partial charge in [-0.1, -0.05) is 25.8 Å². The molecule has 23 heavy (non-hydrogen) atoms. The van der Waals surface area contributed by atoms with Crippen molar-refractivity contribution in [1.82, 2.24) is 4.90 Å². The van der Waals surface area contributed by atoms with Crippen LogP contribution < -0.4 is 4.74 Å². The second kappa shape index (κ2) is 7.85. The maximum Gasteiger partial charge on any atom is 0.263 e. The van der Waals surface area contributed by atoms with Crippen molar-refractivity contribution in [3.63, 3.8) is 0 Å². The molecule has 0 N–H and O–H groups in total. The van der Waals surface area contributed by atoms with Crippen molar-refractivity contribution in [1.29, 1.82) is 0 Å². The standard InChI is InChI=1S/C20H29NO2/c1-2-19(20(22)21-13-7-3-4-8-14-21)23-18-12-11-16-9-5-6-10-17(16)15-18/h11-12,15,19H,2-10,13-14H2,1H3. The van der Waals surface area contributed by atoms with E-state index in [2.05, 4.69) is 12.1 Å². The maximum absolute atomic E-state index is 12.8. The number of benzene rings is 1. The molecule has 0 bridgehead atoms. The van der Waals surface area contributed by atoms with Crippen LogP contribution in [0.2, 0.25) is 0 Å². The van der Waals surface area contributed by atoms with E-state index < -0.39 is 0 Å². The van der Waals surface area contributed by atoms with E-state index in [4.69, 9.17) is 4.74 Å². The third kappa shape index (κ3) is 4.07. The number of carbonyl (C=O) groups excluding carboxylic acids is 1. The summed E-state index contributed by atoms with van der Waals surface area (Å²) in [5.74, 6) is 1.03. The lowest BCUT2D eigenvalue weighted by atomic mass is 9.92. The fourth-order valence-corrected chi connectivity index (χ4v) is 3.75. The van der Waals surface area contributed by atoms with E-state index in [9.17, 15) is 4.79 Å². The Morgan fingerprint density at radius 3 is 2.43 bits per heavy atom. The van der Waals surface area contributed by atoms with Crippen molar-refractivity contribution < 1.29 is 9.53 Å². The number of amides is 1. The average molecular weight is 315 g/mol. The second-order valence-corrected chi connectivity index (χ2v) is 6.89. The summed E-state index contributed by atoms with van der Waals surface area (Å²) in [6.07, 6.45) is 10.0. The number of hydrogen-bond donors (Lipinski definition) is 0. The number of rotatable bonds is 4. The van der Waals surface area contributed by atoms with Crippen LogP contribution >= 0.6 is 0 Å². The summed E-state index contributed by atoms with van der Waals surface area (Å²) < 4.78 is 6.09. The molecule has 0 saturated carbocycles. The Morgan fingerprint density at radius 2 is 1.74 bits per heavy atom. The summed E-state index contributed by atoms with van der Waals surface area (Å²) in [6, 6.07) is 6.39. The predicted octanol–water partition coefficient (Wildman–Crippen LogP) is 4.13. The SMILES string of the molecule is CCC(Oc1ccc2c(c1)CCCC2)C(=O)N1CCCCCC1. The second-order valence-electron chi connectivity index (χ2n) is 6.89. The smallest absolute Gasteiger partial charge is 0.263 e. The molecule has 3 rings (SSSR count). The van der Waals surface area contributed by atoms with Gasteiger partial charge in [0.25, 0.3) is 5.91 Å². The number of nitrogens with zero attached hydrogens (tertiary/aromatic N) is 1. The van der Waals surface area contributed by atoms with Gasteiger partial charge in [-0.05, 0) is 68.2 Å². The van der Waals surface area contributed by atoms with Crippen molar-refractivity contribution >= 4 is 5.91 Å². The summed E-state index contributed by atoms with van der Waals surface area (Å²) in [7, 11) is 0. The van der Waals surface area contributed by atoms with Crippen LogP contribution in [0.1, 0.15) is 63.0 Å². The number of aryl methyl sites for hydroxylation is 2. The molecule has 1 amide bonds. The van der Waals surface area contributed by atoms with Gasteiger partial charge in [-0.25, -0.2) is 0 Å². The first-order valence-corrected chi connectivity index (χ1v) is 9.35. The van der Waals surface area contributed by atoms with E-state index in [0.717, 1.165) is 44.5 Å². The lowest BCUT2D eigenvalue weighted by Gasteiger charge is -2.26. The highest BCUT2D eigenvalue weighted by Crippen LogP contribution is 2.26. The van der Waals surface area contributed by atoms with Gasteiger partial charge >= 0.3 is 0 Å². The summed E-state index contributed by atoms with van der Waals surface area (Å²) in [4.78, 5) is 14.8. The minimum absolute atomic E-state index is 0.173. The Morgan fingerprint density at radius 1 is 1.04 bits per heavy atom. The minimum atomic E-state index is -0.338. The first-order chi connectivity index (χ1) is 11.3. The van der Waals surface area contributed by atoms with E-state index in [1.165, 1.54) is 43.2 Å². The molecule has 1 aliphatic carbocycles. The van der Waals surface area contributed by atoms with Crippen LogP contribution in [0.25, 0.3) is 0 Å². The molecule has 1 unspecified atom stereocenters. The zero-order valence-electron chi connectivity index (χ0n) is 14.4. The Labute approximate surface area is 140 Å². The number of fused-ring (bicyclic) bond motifs is 1. The molecule has 1 saturated heterocycles. The Hall–Kier alpha value is -1.51. The summed E-state index contributed by atoms with van der Waals surface area (Å²) in [5, 5.41) is 0. The Balaban J connectivity index is 1.67. The van der Waals surface area contributed by atoms with E-state index in [-0.39, 0.29) is 12.0 Å². The minimum Gasteiger partial charge on any atom is -0.481 e. The van der Waals surface area contributed by atoms with Crippen molar-refractivity contribution in [2.75, 3.05) is 13.1 Å². The topological polar surface area (TPSA) is 29.5 Å². The van der Waals surface area contributed by atoms with Crippen LogP contribution in [0.15, 0.2) is 18.2 Å². The van der Waals surface area contributed by atoms with Crippen molar-refractivity contribution in [2.45, 2.75) is 70.8 Å². The fraction of sp³-hybridized carbons (Fsp3) is 0.650. The number of hydrogen-bond acceptors (Lipinski definition) is 2. The highest BCUT2D eigenvalue weighted by Gasteiger charge is 2.25. The van der Waals surface area contributed by atoms with Crippen LogP contribution in [0.3, 0.4) is 0 Å². The summed E-state index contributed by atoms with van der Waals surface area (Å²) in [6.45, 7) is 3.82. The van der Waals surface area contributed by atoms with Gasteiger partial charge in [0.05, 0.1) is 0 Å². The van der Waals surface area contributed by atoms with Gasteiger partial charge < -0.3 is 9.64 Å². The number of likely N-dealkylation sites (tertiary alicyclic amines) is 1. The van der Waals surface area contributed by atoms with Crippen LogP contribution in [-0.2, 0) is 17.6 Å².